The topological polar surface area (TPSA) is 85.9 Å². The molecule has 0 aliphatic heterocycles. The molecule has 0 aliphatic rings. The van der Waals surface area contributed by atoms with E-state index in [1.807, 2.05) is 0 Å². The number of nitrogens with zero attached hydrogens (tertiary/aromatic N) is 1. The lowest BCUT2D eigenvalue weighted by atomic mass is 10.2. The number of nitrogens with one attached hydrogen (secondary N) is 1. The number of methoxy groups -OCH3 is 1. The van der Waals surface area contributed by atoms with Gasteiger partial charge < -0.3 is 15.2 Å². The third-order valence-electron chi connectivity index (χ3n) is 1.93. The Morgan fingerprint density at radius 2 is 2.33 bits per heavy atom. The fourth-order valence-electron chi connectivity index (χ4n) is 1.20. The number of rotatable bonds is 6. The van der Waals surface area contributed by atoms with E-state index >= 15 is 0 Å². The maximum Gasteiger partial charge on any atom is 0.332 e. The molecule has 0 unspecified atom stereocenters. The van der Waals surface area contributed by atoms with Gasteiger partial charge in [0.15, 0.2) is 11.5 Å². The second-order valence-corrected chi connectivity index (χ2v) is 3.24. The highest BCUT2D eigenvalue weighted by molar-refractivity contribution is 5.82. The summed E-state index contributed by atoms with van der Waals surface area (Å²) >= 11 is 0. The zero-order valence-corrected chi connectivity index (χ0v) is 10.1. The highest BCUT2D eigenvalue weighted by Crippen LogP contribution is 2.27. The van der Waals surface area contributed by atoms with Gasteiger partial charge in [-0.05, 0) is 23.8 Å². The molecular formula is C12H15N3O3. The molecular weight excluding hydrogens is 234 g/mol. The van der Waals surface area contributed by atoms with Gasteiger partial charge in [0.1, 0.15) is 6.61 Å². The van der Waals surface area contributed by atoms with Crippen LogP contribution >= 0.6 is 0 Å². The first-order valence-electron chi connectivity index (χ1n) is 5.17. The quantitative estimate of drug-likeness (QED) is 0.452. The number of urea groups is 1. The summed E-state index contributed by atoms with van der Waals surface area (Å²) in [6, 6.07) is 4.52. The van der Waals surface area contributed by atoms with Crippen LogP contribution in [0.15, 0.2) is 36.0 Å². The van der Waals surface area contributed by atoms with E-state index in [2.05, 4.69) is 17.1 Å². The van der Waals surface area contributed by atoms with Crippen LogP contribution in [-0.2, 0) is 0 Å². The smallest absolute Gasteiger partial charge is 0.332 e. The third-order valence-corrected chi connectivity index (χ3v) is 1.93. The van der Waals surface area contributed by atoms with Crippen LogP contribution in [0, 0.1) is 0 Å². The zero-order valence-electron chi connectivity index (χ0n) is 10.1. The first-order chi connectivity index (χ1) is 8.67. The Balaban J connectivity index is 2.80. The molecule has 1 aromatic carbocycles. The molecule has 1 aromatic rings. The fourth-order valence-corrected chi connectivity index (χ4v) is 1.20. The van der Waals surface area contributed by atoms with Crippen molar-refractivity contribution in [2.45, 2.75) is 0 Å². The number of primary amides is 1. The molecule has 2 amide bonds. The number of nitrogens with two attached hydrogens (primary N) is 1. The summed E-state index contributed by atoms with van der Waals surface area (Å²) in [5, 5.41) is 3.65. The van der Waals surface area contributed by atoms with Crippen LogP contribution in [0.1, 0.15) is 5.56 Å². The SMILES string of the molecule is C=CCOc1ccc(/C=N/NC(N)=O)cc1OC. The molecule has 0 fully saturated rings. The highest BCUT2D eigenvalue weighted by atomic mass is 16.5. The van der Waals surface area contributed by atoms with Crippen molar-refractivity contribution >= 4 is 12.2 Å². The Bertz CT molecular complexity index is 458. The molecule has 0 saturated carbocycles. The van der Waals surface area contributed by atoms with Crippen LogP contribution in [-0.4, -0.2) is 26.0 Å². The molecule has 3 N–H and O–H groups in total. The number of ether oxygens (including phenoxy) is 2. The Kier molecular flexibility index (Phi) is 5.24. The fraction of sp³-hybridized carbons (Fsp3) is 0.167. The van der Waals surface area contributed by atoms with Gasteiger partial charge in [-0.25, -0.2) is 10.2 Å². The minimum atomic E-state index is -0.718. The van der Waals surface area contributed by atoms with Crippen molar-refractivity contribution in [1.82, 2.24) is 5.43 Å². The van der Waals surface area contributed by atoms with Crippen molar-refractivity contribution in [2.24, 2.45) is 10.8 Å². The van der Waals surface area contributed by atoms with Gasteiger partial charge in [0.2, 0.25) is 0 Å². The van der Waals surface area contributed by atoms with Gasteiger partial charge in [0, 0.05) is 0 Å². The average molecular weight is 249 g/mol. The van der Waals surface area contributed by atoms with Gasteiger partial charge in [0.25, 0.3) is 0 Å². The largest absolute Gasteiger partial charge is 0.493 e. The molecule has 6 nitrogen and oxygen atoms in total. The number of carbonyl (C=O) groups is 1. The minimum Gasteiger partial charge on any atom is -0.493 e. The molecule has 0 saturated heterocycles. The molecule has 0 aromatic heterocycles. The second kappa shape index (κ2) is 6.95. The summed E-state index contributed by atoms with van der Waals surface area (Å²) in [6.07, 6.45) is 3.09. The van der Waals surface area contributed by atoms with E-state index in [1.165, 1.54) is 6.21 Å². The van der Waals surface area contributed by atoms with Crippen LogP contribution in [0.4, 0.5) is 4.79 Å². The van der Waals surface area contributed by atoms with E-state index in [-0.39, 0.29) is 0 Å². The van der Waals surface area contributed by atoms with Crippen LogP contribution in [0.25, 0.3) is 0 Å². The van der Waals surface area contributed by atoms with Gasteiger partial charge in [-0.15, -0.1) is 0 Å². The average Bonchev–Trinajstić information content (AvgIpc) is 2.36. The lowest BCUT2D eigenvalue weighted by Crippen LogP contribution is -2.24. The maximum absolute atomic E-state index is 10.4. The summed E-state index contributed by atoms with van der Waals surface area (Å²) in [5.41, 5.74) is 7.72. The number of carbonyl (C=O) groups excluding carboxylic acids is 1. The Labute approximate surface area is 105 Å². The number of amides is 2. The first-order valence-corrected chi connectivity index (χ1v) is 5.17. The molecule has 18 heavy (non-hydrogen) atoms. The van der Waals surface area contributed by atoms with Gasteiger partial charge in [-0.1, -0.05) is 12.7 Å². The van der Waals surface area contributed by atoms with Crippen LogP contribution in [0.3, 0.4) is 0 Å². The Morgan fingerprint density at radius 1 is 1.56 bits per heavy atom. The maximum atomic E-state index is 10.4. The van der Waals surface area contributed by atoms with Crippen LogP contribution < -0.4 is 20.6 Å². The van der Waals surface area contributed by atoms with Crippen LogP contribution in [0.5, 0.6) is 11.5 Å². The third kappa shape index (κ3) is 4.17. The zero-order chi connectivity index (χ0) is 13.4. The molecule has 6 heteroatoms. The monoisotopic (exact) mass is 249 g/mol. The molecule has 96 valence electrons. The van der Waals surface area contributed by atoms with Gasteiger partial charge in [0.05, 0.1) is 13.3 Å². The minimum absolute atomic E-state index is 0.396. The summed E-state index contributed by atoms with van der Waals surface area (Å²) in [5.74, 6) is 1.18. The molecule has 0 aliphatic carbocycles. The van der Waals surface area contributed by atoms with Crippen LogP contribution in [0.2, 0.25) is 0 Å². The number of hydrogen-bond acceptors (Lipinski definition) is 4. The first kappa shape index (κ1) is 13.6. The number of hydrazone groups is 1. The van der Waals surface area contributed by atoms with E-state index in [0.717, 1.165) is 5.56 Å². The molecule has 0 heterocycles. The summed E-state index contributed by atoms with van der Waals surface area (Å²) in [6.45, 7) is 3.96. The lowest BCUT2D eigenvalue weighted by molar-refractivity contribution is 0.249. The molecule has 0 spiro atoms. The second-order valence-electron chi connectivity index (χ2n) is 3.24. The van der Waals surface area contributed by atoms with Crippen molar-refractivity contribution in [1.29, 1.82) is 0 Å². The van der Waals surface area contributed by atoms with Crippen molar-refractivity contribution in [3.8, 4) is 11.5 Å². The Hall–Kier alpha value is -2.50. The normalized spacial score (nSPS) is 10.1. The molecule has 1 rings (SSSR count). The lowest BCUT2D eigenvalue weighted by Gasteiger charge is -2.09. The van der Waals surface area contributed by atoms with E-state index in [4.69, 9.17) is 15.2 Å². The summed E-state index contributed by atoms with van der Waals surface area (Å²) < 4.78 is 10.6. The van der Waals surface area contributed by atoms with Crippen molar-refractivity contribution in [2.75, 3.05) is 13.7 Å². The number of benzene rings is 1. The predicted molar refractivity (Wildman–Crippen MR) is 69.0 cm³/mol. The Morgan fingerprint density at radius 3 is 2.94 bits per heavy atom. The molecule has 0 bridgehead atoms. The standard InChI is InChI=1S/C12H15N3O3/c1-3-6-18-10-5-4-9(7-11(10)17-2)8-14-15-12(13)16/h3-5,7-8H,1,6H2,2H3,(H3,13,15,16)/b14-8+. The molecule has 0 radical (unpaired) electrons. The summed E-state index contributed by atoms with van der Waals surface area (Å²) in [7, 11) is 1.54. The van der Waals surface area contributed by atoms with E-state index < -0.39 is 6.03 Å². The predicted octanol–water partition coefficient (Wildman–Crippen LogP) is 1.26. The molecule has 0 atom stereocenters. The van der Waals surface area contributed by atoms with Gasteiger partial charge in [-0.3, -0.25) is 0 Å². The van der Waals surface area contributed by atoms with Crippen molar-refractivity contribution in [3.05, 3.63) is 36.4 Å². The number of hydrogen-bond donors (Lipinski definition) is 2. The van der Waals surface area contributed by atoms with E-state index in [1.54, 1.807) is 31.4 Å². The van der Waals surface area contributed by atoms with Crippen molar-refractivity contribution < 1.29 is 14.3 Å². The van der Waals surface area contributed by atoms with E-state index in [0.29, 0.717) is 18.1 Å². The highest BCUT2D eigenvalue weighted by Gasteiger charge is 2.04. The summed E-state index contributed by atoms with van der Waals surface area (Å²) in [4.78, 5) is 10.4. The van der Waals surface area contributed by atoms with Gasteiger partial charge in [-0.2, -0.15) is 5.10 Å². The van der Waals surface area contributed by atoms with Crippen molar-refractivity contribution in [3.63, 3.8) is 0 Å². The van der Waals surface area contributed by atoms with E-state index in [9.17, 15) is 4.79 Å². The van der Waals surface area contributed by atoms with Gasteiger partial charge >= 0.3 is 6.03 Å².